The molecule has 136 valence electrons. The minimum Gasteiger partial charge on any atom is -0.326 e. The van der Waals surface area contributed by atoms with E-state index >= 15 is 0 Å². The summed E-state index contributed by atoms with van der Waals surface area (Å²) in [6, 6.07) is 13.3. The van der Waals surface area contributed by atoms with Crippen LogP contribution in [0.3, 0.4) is 0 Å². The van der Waals surface area contributed by atoms with E-state index < -0.39 is 0 Å². The molecular formula is C19H19ClN2O2S2. The lowest BCUT2D eigenvalue weighted by atomic mass is 10.2. The van der Waals surface area contributed by atoms with Gasteiger partial charge in [0.1, 0.15) is 0 Å². The highest BCUT2D eigenvalue weighted by atomic mass is 35.5. The van der Waals surface area contributed by atoms with Gasteiger partial charge in [-0.25, -0.2) is 0 Å². The number of rotatable bonds is 7. The molecule has 1 heterocycles. The van der Waals surface area contributed by atoms with Crippen molar-refractivity contribution in [2.75, 3.05) is 11.1 Å². The fourth-order valence-corrected chi connectivity index (χ4v) is 4.59. The lowest BCUT2D eigenvalue weighted by molar-refractivity contribution is -0.116. The summed E-state index contributed by atoms with van der Waals surface area (Å²) >= 11 is 8.79. The first-order chi connectivity index (χ1) is 12.6. The number of nitrogens with zero attached hydrogens (tertiary/aromatic N) is 1. The molecule has 0 saturated heterocycles. The number of thioether (sulfide) groups is 1. The molecule has 0 spiro atoms. The van der Waals surface area contributed by atoms with Crippen molar-refractivity contribution in [2.45, 2.75) is 31.2 Å². The van der Waals surface area contributed by atoms with E-state index in [0.29, 0.717) is 13.0 Å². The third kappa shape index (κ3) is 4.69. The Morgan fingerprint density at radius 1 is 1.23 bits per heavy atom. The van der Waals surface area contributed by atoms with Gasteiger partial charge in [0.15, 0.2) is 0 Å². The SMILES string of the molecule is CCn1c(=O)sc2cc(NC(=O)CCCSc3ccc(Cl)cc3)ccc21. The molecule has 26 heavy (non-hydrogen) atoms. The zero-order valence-electron chi connectivity index (χ0n) is 14.3. The predicted molar refractivity (Wildman–Crippen MR) is 112 cm³/mol. The standard InChI is InChI=1S/C19H19ClN2O2S2/c1-2-22-16-10-7-14(12-17(16)26-19(22)24)21-18(23)4-3-11-25-15-8-5-13(20)6-9-15/h5-10,12H,2-4,11H2,1H3,(H,21,23). The number of halogens is 1. The van der Waals surface area contributed by atoms with Crippen molar-refractivity contribution in [2.24, 2.45) is 0 Å². The van der Waals surface area contributed by atoms with E-state index in [2.05, 4.69) is 5.32 Å². The van der Waals surface area contributed by atoms with Gasteiger partial charge in [0, 0.05) is 28.6 Å². The average molecular weight is 407 g/mol. The number of carbonyl (C=O) groups is 1. The molecule has 0 atom stereocenters. The van der Waals surface area contributed by atoms with Gasteiger partial charge in [0.2, 0.25) is 5.91 Å². The van der Waals surface area contributed by atoms with Crippen LogP contribution in [-0.2, 0) is 11.3 Å². The van der Waals surface area contributed by atoms with Crippen molar-refractivity contribution in [3.8, 4) is 0 Å². The summed E-state index contributed by atoms with van der Waals surface area (Å²) in [5.74, 6) is 0.859. The van der Waals surface area contributed by atoms with Crippen molar-refractivity contribution in [1.82, 2.24) is 4.57 Å². The summed E-state index contributed by atoms with van der Waals surface area (Å²) < 4.78 is 2.63. The quantitative estimate of drug-likeness (QED) is 0.430. The minimum absolute atomic E-state index is 0.0108. The number of hydrogen-bond acceptors (Lipinski definition) is 4. The highest BCUT2D eigenvalue weighted by molar-refractivity contribution is 7.99. The first-order valence-electron chi connectivity index (χ1n) is 8.38. The molecule has 2 aromatic carbocycles. The highest BCUT2D eigenvalue weighted by Gasteiger charge is 2.08. The zero-order chi connectivity index (χ0) is 18.5. The van der Waals surface area contributed by atoms with Gasteiger partial charge in [-0.15, -0.1) is 11.8 Å². The van der Waals surface area contributed by atoms with Gasteiger partial charge in [0.05, 0.1) is 10.2 Å². The van der Waals surface area contributed by atoms with E-state index in [1.807, 2.05) is 49.4 Å². The zero-order valence-corrected chi connectivity index (χ0v) is 16.7. The van der Waals surface area contributed by atoms with Crippen LogP contribution in [0.15, 0.2) is 52.2 Å². The second-order valence-electron chi connectivity index (χ2n) is 5.75. The van der Waals surface area contributed by atoms with Crippen LogP contribution >= 0.6 is 34.7 Å². The van der Waals surface area contributed by atoms with E-state index in [1.54, 1.807) is 16.3 Å². The minimum atomic E-state index is -0.0108. The Morgan fingerprint density at radius 2 is 2.00 bits per heavy atom. The van der Waals surface area contributed by atoms with Gasteiger partial charge >= 0.3 is 4.87 Å². The Morgan fingerprint density at radius 3 is 2.73 bits per heavy atom. The number of fused-ring (bicyclic) bond motifs is 1. The molecule has 0 radical (unpaired) electrons. The van der Waals surface area contributed by atoms with Crippen LogP contribution < -0.4 is 10.2 Å². The van der Waals surface area contributed by atoms with Gasteiger partial charge < -0.3 is 5.32 Å². The molecule has 0 aliphatic heterocycles. The molecule has 3 aromatic rings. The Balaban J connectivity index is 1.50. The maximum absolute atomic E-state index is 12.1. The lowest BCUT2D eigenvalue weighted by Crippen LogP contribution is -2.11. The molecule has 0 aliphatic carbocycles. The number of benzene rings is 2. The Labute approximate surface area is 165 Å². The second-order valence-corrected chi connectivity index (χ2v) is 8.35. The fraction of sp³-hybridized carbons (Fsp3) is 0.263. The maximum Gasteiger partial charge on any atom is 0.308 e. The van der Waals surface area contributed by atoms with Gasteiger partial charge in [-0.05, 0) is 61.6 Å². The van der Waals surface area contributed by atoms with E-state index in [1.165, 1.54) is 11.3 Å². The number of carbonyl (C=O) groups excluding carboxylic acids is 1. The van der Waals surface area contributed by atoms with Gasteiger partial charge in [-0.1, -0.05) is 22.9 Å². The van der Waals surface area contributed by atoms with Crippen LogP contribution in [0.1, 0.15) is 19.8 Å². The first-order valence-corrected chi connectivity index (χ1v) is 10.6. The summed E-state index contributed by atoms with van der Waals surface area (Å²) in [5.41, 5.74) is 1.65. The van der Waals surface area contributed by atoms with Crippen molar-refractivity contribution in [1.29, 1.82) is 0 Å². The molecule has 0 aliphatic rings. The molecule has 3 rings (SSSR count). The Bertz CT molecular complexity index is 964. The summed E-state index contributed by atoms with van der Waals surface area (Å²) in [6.45, 7) is 2.60. The van der Waals surface area contributed by atoms with E-state index in [0.717, 1.165) is 38.0 Å². The van der Waals surface area contributed by atoms with Gasteiger partial charge in [-0.2, -0.15) is 0 Å². The van der Waals surface area contributed by atoms with Gasteiger partial charge in [-0.3, -0.25) is 14.2 Å². The smallest absolute Gasteiger partial charge is 0.308 e. The molecule has 1 amide bonds. The van der Waals surface area contributed by atoms with E-state index in [4.69, 9.17) is 11.6 Å². The topological polar surface area (TPSA) is 51.1 Å². The summed E-state index contributed by atoms with van der Waals surface area (Å²) in [5, 5.41) is 3.64. The molecule has 7 heteroatoms. The van der Waals surface area contributed by atoms with E-state index in [9.17, 15) is 9.59 Å². The molecule has 0 saturated carbocycles. The number of aryl methyl sites for hydroxylation is 1. The van der Waals surface area contributed by atoms with Crippen LogP contribution in [0.25, 0.3) is 10.2 Å². The number of amides is 1. The molecular weight excluding hydrogens is 388 g/mol. The van der Waals surface area contributed by atoms with Crippen LogP contribution in [0.5, 0.6) is 0 Å². The van der Waals surface area contributed by atoms with Crippen molar-refractivity contribution in [3.63, 3.8) is 0 Å². The summed E-state index contributed by atoms with van der Waals surface area (Å²) in [7, 11) is 0. The lowest BCUT2D eigenvalue weighted by Gasteiger charge is -2.06. The normalized spacial score (nSPS) is 11.0. The number of anilines is 1. The van der Waals surface area contributed by atoms with Crippen LogP contribution in [0.4, 0.5) is 5.69 Å². The number of hydrogen-bond donors (Lipinski definition) is 1. The fourth-order valence-electron chi connectivity index (χ4n) is 2.62. The Kier molecular flexibility index (Phi) is 6.40. The summed E-state index contributed by atoms with van der Waals surface area (Å²) in [6.07, 6.45) is 1.26. The molecule has 0 bridgehead atoms. The maximum atomic E-state index is 12.1. The molecule has 0 unspecified atom stereocenters. The Hall–Kier alpha value is -1.76. The van der Waals surface area contributed by atoms with Gasteiger partial charge in [0.25, 0.3) is 0 Å². The van der Waals surface area contributed by atoms with Crippen LogP contribution in [-0.4, -0.2) is 16.2 Å². The molecule has 1 aromatic heterocycles. The molecule has 0 fully saturated rings. The van der Waals surface area contributed by atoms with Crippen LogP contribution in [0.2, 0.25) is 5.02 Å². The molecule has 1 N–H and O–H groups in total. The second kappa shape index (κ2) is 8.75. The van der Waals surface area contributed by atoms with Crippen molar-refractivity contribution in [3.05, 3.63) is 57.2 Å². The number of thiazole rings is 1. The largest absolute Gasteiger partial charge is 0.326 e. The van der Waals surface area contributed by atoms with Crippen molar-refractivity contribution < 1.29 is 4.79 Å². The van der Waals surface area contributed by atoms with E-state index in [-0.39, 0.29) is 10.8 Å². The third-order valence-electron chi connectivity index (χ3n) is 3.90. The summed E-state index contributed by atoms with van der Waals surface area (Å²) in [4.78, 5) is 25.2. The predicted octanol–water partition coefficient (Wildman–Crippen LogP) is 5.25. The monoisotopic (exact) mass is 406 g/mol. The average Bonchev–Trinajstić information content (AvgIpc) is 2.94. The third-order valence-corrected chi connectivity index (χ3v) is 6.19. The number of aromatic nitrogens is 1. The number of nitrogens with one attached hydrogen (secondary N) is 1. The highest BCUT2D eigenvalue weighted by Crippen LogP contribution is 2.23. The van der Waals surface area contributed by atoms with Crippen molar-refractivity contribution >= 4 is 56.5 Å². The molecule has 4 nitrogen and oxygen atoms in total. The first kappa shape index (κ1) is 19.0. The van der Waals surface area contributed by atoms with Crippen LogP contribution in [0, 0.1) is 0 Å².